The lowest BCUT2D eigenvalue weighted by atomic mass is 10.0. The molecule has 0 spiro atoms. The van der Waals surface area contributed by atoms with Gasteiger partial charge in [0.2, 0.25) is 11.8 Å². The minimum atomic E-state index is -0.312. The van der Waals surface area contributed by atoms with Crippen LogP contribution in [0.1, 0.15) is 29.3 Å². The monoisotopic (exact) mass is 339 g/mol. The zero-order valence-electron chi connectivity index (χ0n) is 12.0. The van der Waals surface area contributed by atoms with Crippen LogP contribution in [0.25, 0.3) is 0 Å². The maximum absolute atomic E-state index is 12.1. The van der Waals surface area contributed by atoms with Crippen molar-refractivity contribution in [1.82, 2.24) is 10.2 Å². The second kappa shape index (κ2) is 6.48. The number of imide groups is 1. The van der Waals surface area contributed by atoms with Gasteiger partial charge in [-0.2, -0.15) is 12.6 Å². The molecule has 2 unspecified atom stereocenters. The molecule has 3 rings (SSSR count). The summed E-state index contributed by atoms with van der Waals surface area (Å²) < 4.78 is 0. The summed E-state index contributed by atoms with van der Waals surface area (Å²) in [6, 6.07) is 5.71. The summed E-state index contributed by atoms with van der Waals surface area (Å²) in [5, 5.41) is 5.58. The standard InChI is InChI=1S/C15H18ClN3O2S/c16-6-7-17-11-3-1-2-9-10(11)8-19(15(9)22)12-4-5-13(20)18-14(12)21/h1-3,12,15,17,22H,4-8H2,(H,18,20,21). The number of benzene rings is 1. The Morgan fingerprint density at radius 3 is 2.95 bits per heavy atom. The van der Waals surface area contributed by atoms with Crippen LogP contribution in [-0.2, 0) is 16.1 Å². The van der Waals surface area contributed by atoms with Gasteiger partial charge in [-0.3, -0.25) is 19.8 Å². The Bertz CT molecular complexity index is 610. The molecule has 0 aliphatic carbocycles. The number of alkyl halides is 1. The molecule has 2 heterocycles. The van der Waals surface area contributed by atoms with E-state index in [4.69, 9.17) is 11.6 Å². The third-order valence-electron chi connectivity index (χ3n) is 4.17. The summed E-state index contributed by atoms with van der Waals surface area (Å²) in [7, 11) is 0. The van der Waals surface area contributed by atoms with E-state index in [0.717, 1.165) is 16.8 Å². The quantitative estimate of drug-likeness (QED) is 0.445. The van der Waals surface area contributed by atoms with Crippen molar-refractivity contribution in [2.24, 2.45) is 0 Å². The van der Waals surface area contributed by atoms with Crippen LogP contribution >= 0.6 is 24.2 Å². The van der Waals surface area contributed by atoms with Gasteiger partial charge in [0.15, 0.2) is 0 Å². The van der Waals surface area contributed by atoms with E-state index in [9.17, 15) is 9.59 Å². The summed E-state index contributed by atoms with van der Waals surface area (Å²) in [6.07, 6.45) is 0.918. The number of nitrogens with one attached hydrogen (secondary N) is 2. The highest BCUT2D eigenvalue weighted by atomic mass is 35.5. The SMILES string of the molecule is O=C1CCC(N2Cc3c(NCCCl)cccc3C2S)C(=O)N1. The fourth-order valence-electron chi connectivity index (χ4n) is 3.10. The molecular formula is C15H18ClN3O2S. The van der Waals surface area contributed by atoms with E-state index in [-0.39, 0.29) is 23.2 Å². The summed E-state index contributed by atoms with van der Waals surface area (Å²) in [5.41, 5.74) is 3.29. The highest BCUT2D eigenvalue weighted by Crippen LogP contribution is 2.41. The third-order valence-corrected chi connectivity index (χ3v) is 4.93. The number of rotatable bonds is 4. The molecule has 2 amide bonds. The first-order valence-corrected chi connectivity index (χ1v) is 8.36. The van der Waals surface area contributed by atoms with Gasteiger partial charge in [0.1, 0.15) is 0 Å². The van der Waals surface area contributed by atoms with Crippen LogP contribution in [0.5, 0.6) is 0 Å². The molecule has 22 heavy (non-hydrogen) atoms. The summed E-state index contributed by atoms with van der Waals surface area (Å²) >= 11 is 10.4. The first-order chi connectivity index (χ1) is 10.6. The lowest BCUT2D eigenvalue weighted by Crippen LogP contribution is -2.51. The molecular weight excluding hydrogens is 322 g/mol. The molecule has 0 bridgehead atoms. The maximum Gasteiger partial charge on any atom is 0.243 e. The van der Waals surface area contributed by atoms with Gasteiger partial charge in [-0.15, -0.1) is 11.6 Å². The first kappa shape index (κ1) is 15.6. The van der Waals surface area contributed by atoms with Gasteiger partial charge < -0.3 is 5.32 Å². The summed E-state index contributed by atoms with van der Waals surface area (Å²) in [6.45, 7) is 1.33. The molecule has 1 aromatic rings. The molecule has 2 aliphatic heterocycles. The Balaban J connectivity index is 1.83. The smallest absolute Gasteiger partial charge is 0.243 e. The Kier molecular flexibility index (Phi) is 4.61. The second-order valence-corrected chi connectivity index (χ2v) is 6.37. The third kappa shape index (κ3) is 2.83. The number of anilines is 1. The second-order valence-electron chi connectivity index (χ2n) is 5.50. The Morgan fingerprint density at radius 1 is 1.41 bits per heavy atom. The maximum atomic E-state index is 12.1. The summed E-state index contributed by atoms with van der Waals surface area (Å²) in [4.78, 5) is 25.5. The number of piperidine rings is 1. The van der Waals surface area contributed by atoms with Crippen molar-refractivity contribution in [1.29, 1.82) is 0 Å². The molecule has 1 fully saturated rings. The minimum Gasteiger partial charge on any atom is -0.384 e. The van der Waals surface area contributed by atoms with Gasteiger partial charge in [-0.25, -0.2) is 0 Å². The molecule has 0 saturated carbocycles. The fourth-order valence-corrected chi connectivity index (χ4v) is 3.68. The lowest BCUT2D eigenvalue weighted by molar-refractivity contribution is -0.137. The predicted molar refractivity (Wildman–Crippen MR) is 89.1 cm³/mol. The van der Waals surface area contributed by atoms with Crippen LogP contribution in [0.3, 0.4) is 0 Å². The normalized spacial score (nSPS) is 25.0. The van der Waals surface area contributed by atoms with Crippen LogP contribution in [0, 0.1) is 0 Å². The lowest BCUT2D eigenvalue weighted by Gasteiger charge is -2.32. The zero-order chi connectivity index (χ0) is 15.7. The first-order valence-electron chi connectivity index (χ1n) is 7.31. The van der Waals surface area contributed by atoms with Gasteiger partial charge in [-0.05, 0) is 23.6 Å². The van der Waals surface area contributed by atoms with Gasteiger partial charge in [-0.1, -0.05) is 12.1 Å². The van der Waals surface area contributed by atoms with Gasteiger partial charge in [0.25, 0.3) is 0 Å². The number of carbonyl (C=O) groups excluding carboxylic acids is 2. The molecule has 2 N–H and O–H groups in total. The Labute approximate surface area is 139 Å². The highest BCUT2D eigenvalue weighted by molar-refractivity contribution is 7.80. The van der Waals surface area contributed by atoms with Crippen molar-refractivity contribution in [3.05, 3.63) is 29.3 Å². The average Bonchev–Trinajstić information content (AvgIpc) is 2.83. The number of halogens is 1. The Hall–Kier alpha value is -1.24. The highest BCUT2D eigenvalue weighted by Gasteiger charge is 2.39. The molecule has 118 valence electrons. The van der Waals surface area contributed by atoms with E-state index in [1.165, 1.54) is 0 Å². The Morgan fingerprint density at radius 2 is 2.23 bits per heavy atom. The van der Waals surface area contributed by atoms with Crippen LogP contribution in [0.4, 0.5) is 5.69 Å². The molecule has 0 aromatic heterocycles. The minimum absolute atomic E-state index is 0.142. The number of carbonyl (C=O) groups is 2. The summed E-state index contributed by atoms with van der Waals surface area (Å²) in [5.74, 6) is 0.113. The van der Waals surface area contributed by atoms with Crippen molar-refractivity contribution in [2.45, 2.75) is 30.8 Å². The van der Waals surface area contributed by atoms with Crippen molar-refractivity contribution in [3.8, 4) is 0 Å². The van der Waals surface area contributed by atoms with Crippen molar-refractivity contribution in [2.75, 3.05) is 17.7 Å². The molecule has 5 nitrogen and oxygen atoms in total. The zero-order valence-corrected chi connectivity index (χ0v) is 13.7. The van der Waals surface area contributed by atoms with E-state index in [1.807, 2.05) is 23.1 Å². The van der Waals surface area contributed by atoms with Crippen molar-refractivity contribution < 1.29 is 9.59 Å². The van der Waals surface area contributed by atoms with E-state index in [1.54, 1.807) is 0 Å². The molecule has 0 radical (unpaired) electrons. The van der Waals surface area contributed by atoms with Crippen LogP contribution in [0.2, 0.25) is 0 Å². The van der Waals surface area contributed by atoms with Crippen LogP contribution in [0.15, 0.2) is 18.2 Å². The molecule has 2 aliphatic rings. The van der Waals surface area contributed by atoms with Crippen LogP contribution in [-0.4, -0.2) is 35.2 Å². The number of thiol groups is 1. The van der Waals surface area contributed by atoms with Crippen molar-refractivity contribution in [3.63, 3.8) is 0 Å². The van der Waals surface area contributed by atoms with Crippen LogP contribution < -0.4 is 10.6 Å². The van der Waals surface area contributed by atoms with E-state index in [2.05, 4.69) is 23.3 Å². The van der Waals surface area contributed by atoms with E-state index in [0.29, 0.717) is 31.8 Å². The number of nitrogens with zero attached hydrogens (tertiary/aromatic N) is 1. The number of hydrogen-bond donors (Lipinski definition) is 3. The van der Waals surface area contributed by atoms with E-state index >= 15 is 0 Å². The van der Waals surface area contributed by atoms with Gasteiger partial charge in [0.05, 0.1) is 11.4 Å². The fraction of sp³-hybridized carbons (Fsp3) is 0.467. The number of hydrogen-bond acceptors (Lipinski definition) is 5. The molecule has 7 heteroatoms. The molecule has 1 aromatic carbocycles. The number of amides is 2. The average molecular weight is 340 g/mol. The topological polar surface area (TPSA) is 61.4 Å². The molecule has 2 atom stereocenters. The number of fused-ring (bicyclic) bond motifs is 1. The van der Waals surface area contributed by atoms with Gasteiger partial charge in [0, 0.05) is 31.1 Å². The van der Waals surface area contributed by atoms with E-state index < -0.39 is 0 Å². The molecule has 1 saturated heterocycles. The van der Waals surface area contributed by atoms with Gasteiger partial charge >= 0.3 is 0 Å². The largest absolute Gasteiger partial charge is 0.384 e. The van der Waals surface area contributed by atoms with Crippen molar-refractivity contribution >= 4 is 41.7 Å². The predicted octanol–water partition coefficient (Wildman–Crippen LogP) is 1.89.